The summed E-state index contributed by atoms with van der Waals surface area (Å²) in [6.07, 6.45) is 2.10. The van der Waals surface area contributed by atoms with Gasteiger partial charge in [0.2, 0.25) is 0 Å². The van der Waals surface area contributed by atoms with Crippen molar-refractivity contribution < 1.29 is 26.3 Å². The highest BCUT2D eigenvalue weighted by molar-refractivity contribution is 5.98. The summed E-state index contributed by atoms with van der Waals surface area (Å²) in [7, 11) is 0. The van der Waals surface area contributed by atoms with Crippen molar-refractivity contribution in [3.63, 3.8) is 0 Å². The van der Waals surface area contributed by atoms with Crippen LogP contribution < -0.4 is 17.0 Å². The van der Waals surface area contributed by atoms with Crippen molar-refractivity contribution in [3.8, 4) is 0 Å². The highest BCUT2D eigenvalue weighted by atomic mass is 79.9. The van der Waals surface area contributed by atoms with E-state index < -0.39 is 0 Å². The van der Waals surface area contributed by atoms with Gasteiger partial charge in [-0.1, -0.05) is 89.0 Å². The molecule has 41 heavy (non-hydrogen) atoms. The Balaban J connectivity index is 0.00000462. The molecule has 4 aromatic rings. The van der Waals surface area contributed by atoms with Gasteiger partial charge in [-0.2, -0.15) is 0 Å². The van der Waals surface area contributed by atoms with E-state index in [0.29, 0.717) is 6.54 Å². The molecule has 3 nitrogen and oxygen atoms in total. The van der Waals surface area contributed by atoms with Crippen LogP contribution in [-0.2, 0) is 13.1 Å². The molecule has 0 aliphatic rings. The number of carbonyl (C=O) groups excluding carboxylic acids is 1. The molecule has 0 fully saturated rings. The Morgan fingerprint density at radius 2 is 1.24 bits per heavy atom. The molecule has 0 aromatic heterocycles. The molecule has 4 aromatic carbocycles. The first-order valence-electron chi connectivity index (χ1n) is 15.0. The molecule has 0 aliphatic heterocycles. The van der Waals surface area contributed by atoms with Gasteiger partial charge in [-0.3, -0.25) is 4.79 Å². The van der Waals surface area contributed by atoms with E-state index in [1.807, 2.05) is 24.3 Å². The van der Waals surface area contributed by atoms with Crippen LogP contribution in [0.3, 0.4) is 0 Å². The maximum absolute atomic E-state index is 13.9. The van der Waals surface area contributed by atoms with Gasteiger partial charge in [0, 0.05) is 24.2 Å². The molecule has 0 aliphatic carbocycles. The minimum atomic E-state index is 0. The van der Waals surface area contributed by atoms with E-state index >= 15 is 0 Å². The number of carbonyl (C=O) groups is 1. The predicted molar refractivity (Wildman–Crippen MR) is 170 cm³/mol. The summed E-state index contributed by atoms with van der Waals surface area (Å²) in [5.41, 5.74) is 8.58. The molecule has 0 saturated carbocycles. The molecular formula is C37H47BrN2O. The smallest absolute Gasteiger partial charge is 0.254 e. The number of aryl methyl sites for hydroxylation is 4. The molecule has 4 rings (SSSR count). The number of hydrogen-bond donors (Lipinski definition) is 0. The lowest BCUT2D eigenvalue weighted by Crippen LogP contribution is -3.00. The number of benzene rings is 4. The number of nitrogens with zero attached hydrogens (tertiary/aromatic N) is 2. The highest BCUT2D eigenvalue weighted by Crippen LogP contribution is 2.21. The number of amides is 1. The third-order valence-electron chi connectivity index (χ3n) is 8.39. The van der Waals surface area contributed by atoms with Crippen LogP contribution in [0.2, 0.25) is 0 Å². The van der Waals surface area contributed by atoms with Crippen molar-refractivity contribution >= 4 is 16.7 Å². The van der Waals surface area contributed by atoms with Crippen LogP contribution in [-0.4, -0.2) is 41.5 Å². The van der Waals surface area contributed by atoms with Gasteiger partial charge in [0.1, 0.15) is 6.54 Å². The first-order chi connectivity index (χ1) is 19.2. The fraction of sp³-hybridized carbons (Fsp3) is 0.378. The lowest BCUT2D eigenvalue weighted by atomic mass is 10.0. The van der Waals surface area contributed by atoms with Gasteiger partial charge in [0.05, 0.1) is 19.6 Å². The summed E-state index contributed by atoms with van der Waals surface area (Å²) in [5, 5.41) is 2.27. The molecule has 0 bridgehead atoms. The van der Waals surface area contributed by atoms with Gasteiger partial charge in [-0.25, -0.2) is 0 Å². The van der Waals surface area contributed by atoms with Crippen LogP contribution in [0, 0.1) is 27.7 Å². The minimum absolute atomic E-state index is 0. The lowest BCUT2D eigenvalue weighted by molar-refractivity contribution is -0.938. The number of halogens is 1. The van der Waals surface area contributed by atoms with E-state index in [2.05, 4.69) is 101 Å². The van der Waals surface area contributed by atoms with E-state index in [1.165, 1.54) is 33.4 Å². The van der Waals surface area contributed by atoms with Crippen LogP contribution in [0.5, 0.6) is 0 Å². The van der Waals surface area contributed by atoms with Crippen molar-refractivity contribution in [1.29, 1.82) is 0 Å². The van der Waals surface area contributed by atoms with Gasteiger partial charge < -0.3 is 26.4 Å². The molecule has 218 valence electrons. The van der Waals surface area contributed by atoms with Gasteiger partial charge >= 0.3 is 0 Å². The van der Waals surface area contributed by atoms with Crippen LogP contribution >= 0.6 is 0 Å². The van der Waals surface area contributed by atoms with E-state index in [1.54, 1.807) is 0 Å². The normalized spacial score (nSPS) is 11.4. The van der Waals surface area contributed by atoms with Crippen LogP contribution in [0.1, 0.15) is 70.4 Å². The van der Waals surface area contributed by atoms with Gasteiger partial charge in [-0.15, -0.1) is 0 Å². The molecule has 0 atom stereocenters. The number of unbranched alkanes of at least 4 members (excludes halogenated alkanes) is 1. The average molecular weight is 616 g/mol. The summed E-state index contributed by atoms with van der Waals surface area (Å²) in [6.45, 7) is 19.1. The predicted octanol–water partition coefficient (Wildman–Crippen LogP) is 5.56. The van der Waals surface area contributed by atoms with Crippen molar-refractivity contribution in [1.82, 2.24) is 4.90 Å². The van der Waals surface area contributed by atoms with Crippen molar-refractivity contribution in [2.45, 2.75) is 67.5 Å². The highest BCUT2D eigenvalue weighted by Gasteiger charge is 2.24. The zero-order chi connectivity index (χ0) is 28.7. The number of fused-ring (bicyclic) bond motifs is 1. The van der Waals surface area contributed by atoms with Crippen LogP contribution in [0.4, 0.5) is 0 Å². The van der Waals surface area contributed by atoms with Crippen molar-refractivity contribution in [2.24, 2.45) is 0 Å². The second kappa shape index (κ2) is 14.8. The SMILES string of the molecule is CC[N+](CC)(CCCCN(Cc1cc(C)cc(C)c1)C(=O)c1ccc2ccccc2c1)Cc1cc(C)cc(C)c1.[Br-]. The molecule has 0 N–H and O–H groups in total. The Morgan fingerprint density at radius 1 is 0.683 bits per heavy atom. The Morgan fingerprint density at radius 3 is 1.83 bits per heavy atom. The fourth-order valence-electron chi connectivity index (χ4n) is 6.28. The summed E-state index contributed by atoms with van der Waals surface area (Å²) < 4.78 is 1.08. The maximum atomic E-state index is 13.9. The summed E-state index contributed by atoms with van der Waals surface area (Å²) >= 11 is 0. The Bertz CT molecular complexity index is 1420. The number of hydrogen-bond acceptors (Lipinski definition) is 1. The zero-order valence-electron chi connectivity index (χ0n) is 25.8. The topological polar surface area (TPSA) is 20.3 Å². The fourth-order valence-corrected chi connectivity index (χ4v) is 6.28. The molecule has 1 amide bonds. The largest absolute Gasteiger partial charge is 1.00 e. The quantitative estimate of drug-likeness (QED) is 0.151. The summed E-state index contributed by atoms with van der Waals surface area (Å²) in [6, 6.07) is 27.9. The van der Waals surface area contributed by atoms with E-state index in [9.17, 15) is 4.79 Å². The van der Waals surface area contributed by atoms with Gasteiger partial charge in [0.25, 0.3) is 5.91 Å². The average Bonchev–Trinajstić information content (AvgIpc) is 2.92. The molecule has 0 heterocycles. The second-order valence-electron chi connectivity index (χ2n) is 11.8. The summed E-state index contributed by atoms with van der Waals surface area (Å²) in [5.74, 6) is 0.117. The Labute approximate surface area is 258 Å². The molecule has 0 radical (unpaired) electrons. The maximum Gasteiger partial charge on any atom is 0.254 e. The first kappa shape index (κ1) is 32.6. The van der Waals surface area contributed by atoms with Crippen LogP contribution in [0.15, 0.2) is 78.9 Å². The first-order valence-corrected chi connectivity index (χ1v) is 15.0. The third kappa shape index (κ3) is 8.77. The monoisotopic (exact) mass is 614 g/mol. The molecular weight excluding hydrogens is 568 g/mol. The molecule has 0 unspecified atom stereocenters. The van der Waals surface area contributed by atoms with Gasteiger partial charge in [0.15, 0.2) is 0 Å². The molecule has 0 saturated heterocycles. The summed E-state index contributed by atoms with van der Waals surface area (Å²) in [4.78, 5) is 16.0. The van der Waals surface area contributed by atoms with Crippen molar-refractivity contribution in [3.05, 3.63) is 118 Å². The molecule has 0 spiro atoms. The number of quaternary nitrogens is 1. The second-order valence-corrected chi connectivity index (χ2v) is 11.8. The standard InChI is InChI=1S/C37H47N2O.BrH/c1-7-39(8-2,27-33-23-30(5)20-31(6)24-33)18-12-11-17-38(26-32-21-28(3)19-29(4)22-32)37(40)36-16-15-34-13-9-10-14-35(34)25-36;/h9-10,13-16,19-25H,7-8,11-12,17-18,26-27H2,1-6H3;1H/q+1;/p-1. The molecule has 4 heteroatoms. The minimum Gasteiger partial charge on any atom is -1.00 e. The van der Waals surface area contributed by atoms with Crippen LogP contribution in [0.25, 0.3) is 10.8 Å². The van der Waals surface area contributed by atoms with Gasteiger partial charge in [-0.05, 0) is 82.9 Å². The number of rotatable bonds is 12. The van der Waals surface area contributed by atoms with E-state index in [-0.39, 0.29) is 22.9 Å². The zero-order valence-corrected chi connectivity index (χ0v) is 27.4. The third-order valence-corrected chi connectivity index (χ3v) is 8.39. The Hall–Kier alpha value is -2.95. The van der Waals surface area contributed by atoms with Crippen molar-refractivity contribution in [2.75, 3.05) is 26.2 Å². The van der Waals surface area contributed by atoms with E-state index in [0.717, 1.165) is 66.4 Å². The lowest BCUT2D eigenvalue weighted by Gasteiger charge is -2.37. The van der Waals surface area contributed by atoms with E-state index in [4.69, 9.17) is 0 Å². The Kier molecular flexibility index (Phi) is 11.7.